The van der Waals surface area contributed by atoms with Crippen molar-refractivity contribution in [2.75, 3.05) is 6.61 Å². The van der Waals surface area contributed by atoms with Gasteiger partial charge in [-0.1, -0.05) is 23.7 Å². The van der Waals surface area contributed by atoms with Crippen LogP contribution >= 0.6 is 23.4 Å². The summed E-state index contributed by atoms with van der Waals surface area (Å²) in [6.07, 6.45) is 2.80. The molecule has 0 aromatic heterocycles. The summed E-state index contributed by atoms with van der Waals surface area (Å²) in [5.74, 6) is 0. The van der Waals surface area contributed by atoms with Crippen molar-refractivity contribution in [3.8, 4) is 0 Å². The molecule has 1 saturated carbocycles. The van der Waals surface area contributed by atoms with E-state index in [4.69, 9.17) is 17.3 Å². The lowest BCUT2D eigenvalue weighted by atomic mass is 10.0. The molecule has 2 atom stereocenters. The molecule has 88 valence electrons. The fourth-order valence-electron chi connectivity index (χ4n) is 2.07. The highest BCUT2D eigenvalue weighted by Gasteiger charge is 2.35. The van der Waals surface area contributed by atoms with Gasteiger partial charge < -0.3 is 10.8 Å². The van der Waals surface area contributed by atoms with E-state index in [0.717, 1.165) is 29.2 Å². The van der Waals surface area contributed by atoms with Gasteiger partial charge in [-0.3, -0.25) is 0 Å². The largest absolute Gasteiger partial charge is 0.394 e. The molecule has 0 saturated heterocycles. The Morgan fingerprint density at radius 2 is 2.25 bits per heavy atom. The van der Waals surface area contributed by atoms with E-state index >= 15 is 0 Å². The lowest BCUT2D eigenvalue weighted by Gasteiger charge is -2.20. The van der Waals surface area contributed by atoms with Gasteiger partial charge in [0.05, 0.1) is 11.6 Å². The van der Waals surface area contributed by atoms with Crippen molar-refractivity contribution in [3.05, 3.63) is 29.3 Å². The summed E-state index contributed by atoms with van der Waals surface area (Å²) in [7, 11) is 0. The molecule has 4 heteroatoms. The minimum atomic E-state index is -0.376. The van der Waals surface area contributed by atoms with E-state index in [1.54, 1.807) is 11.8 Å². The quantitative estimate of drug-likeness (QED) is 0.875. The number of thioether (sulfide) groups is 1. The topological polar surface area (TPSA) is 46.2 Å². The van der Waals surface area contributed by atoms with Gasteiger partial charge in [0.2, 0.25) is 0 Å². The first kappa shape index (κ1) is 12.2. The van der Waals surface area contributed by atoms with Crippen LogP contribution in [0.5, 0.6) is 0 Å². The van der Waals surface area contributed by atoms with Crippen molar-refractivity contribution in [2.45, 2.75) is 34.9 Å². The molecule has 3 N–H and O–H groups in total. The van der Waals surface area contributed by atoms with Crippen LogP contribution in [0, 0.1) is 0 Å². The molecule has 0 radical (unpaired) electrons. The predicted octanol–water partition coefficient (Wildman–Crippen LogP) is 2.67. The Labute approximate surface area is 105 Å². The van der Waals surface area contributed by atoms with Gasteiger partial charge in [0.15, 0.2) is 0 Å². The fraction of sp³-hybridized carbons (Fsp3) is 0.500. The van der Waals surface area contributed by atoms with E-state index in [-0.39, 0.29) is 12.1 Å². The van der Waals surface area contributed by atoms with Crippen LogP contribution in [-0.4, -0.2) is 22.5 Å². The number of halogens is 1. The number of hydrogen-bond acceptors (Lipinski definition) is 3. The monoisotopic (exact) mass is 257 g/mol. The third kappa shape index (κ3) is 2.72. The van der Waals surface area contributed by atoms with Gasteiger partial charge in [-0.2, -0.15) is 0 Å². The van der Waals surface area contributed by atoms with Gasteiger partial charge in [-0.25, -0.2) is 0 Å². The minimum Gasteiger partial charge on any atom is -0.394 e. The first-order chi connectivity index (χ1) is 7.63. The van der Waals surface area contributed by atoms with Gasteiger partial charge in [0, 0.05) is 15.7 Å². The lowest BCUT2D eigenvalue weighted by molar-refractivity contribution is 0.200. The molecule has 1 aliphatic rings. The summed E-state index contributed by atoms with van der Waals surface area (Å²) in [5.41, 5.74) is 5.67. The number of hydrogen-bond donors (Lipinski definition) is 2. The van der Waals surface area contributed by atoms with E-state index < -0.39 is 0 Å². The average Bonchev–Trinajstić information content (AvgIpc) is 2.65. The maximum Gasteiger partial charge on any atom is 0.0611 e. The lowest BCUT2D eigenvalue weighted by Crippen LogP contribution is -2.40. The Morgan fingerprint density at radius 3 is 2.88 bits per heavy atom. The SMILES string of the molecule is NC1(CO)CCC(Sc2ccccc2Cl)C1. The molecule has 0 aliphatic heterocycles. The molecule has 0 spiro atoms. The maximum atomic E-state index is 9.20. The molecule has 1 fully saturated rings. The fourth-order valence-corrected chi connectivity index (χ4v) is 3.69. The Morgan fingerprint density at radius 1 is 1.50 bits per heavy atom. The summed E-state index contributed by atoms with van der Waals surface area (Å²) >= 11 is 7.88. The highest BCUT2D eigenvalue weighted by molar-refractivity contribution is 8.00. The highest BCUT2D eigenvalue weighted by Crippen LogP contribution is 2.40. The second kappa shape index (κ2) is 4.96. The molecule has 2 nitrogen and oxygen atoms in total. The van der Waals surface area contributed by atoms with E-state index in [2.05, 4.69) is 0 Å². The van der Waals surface area contributed by atoms with E-state index in [9.17, 15) is 5.11 Å². The van der Waals surface area contributed by atoms with Gasteiger partial charge >= 0.3 is 0 Å². The molecule has 0 bridgehead atoms. The highest BCUT2D eigenvalue weighted by atomic mass is 35.5. The van der Waals surface area contributed by atoms with Crippen molar-refractivity contribution < 1.29 is 5.11 Å². The number of nitrogens with two attached hydrogens (primary N) is 1. The molecular formula is C12H16ClNOS. The molecule has 2 unspecified atom stereocenters. The van der Waals surface area contributed by atoms with Crippen molar-refractivity contribution in [2.24, 2.45) is 5.73 Å². The van der Waals surface area contributed by atoms with Gasteiger partial charge in [0.25, 0.3) is 0 Å². The Hall–Kier alpha value is -0.220. The van der Waals surface area contributed by atoms with Crippen molar-refractivity contribution >= 4 is 23.4 Å². The molecule has 1 aromatic carbocycles. The Bertz CT molecular complexity index is 374. The molecule has 1 aromatic rings. The first-order valence-corrected chi connectivity index (χ1v) is 6.70. The number of aliphatic hydroxyl groups is 1. The van der Waals surface area contributed by atoms with Crippen LogP contribution in [0.4, 0.5) is 0 Å². The third-order valence-electron chi connectivity index (χ3n) is 3.04. The van der Waals surface area contributed by atoms with Crippen molar-refractivity contribution in [3.63, 3.8) is 0 Å². The first-order valence-electron chi connectivity index (χ1n) is 5.44. The van der Waals surface area contributed by atoms with E-state index in [1.165, 1.54) is 0 Å². The third-order valence-corrected chi connectivity index (χ3v) is 4.83. The molecule has 0 heterocycles. The van der Waals surface area contributed by atoms with Crippen LogP contribution in [0.15, 0.2) is 29.2 Å². The zero-order chi connectivity index (χ0) is 11.6. The Kier molecular flexibility index (Phi) is 3.80. The number of benzene rings is 1. The predicted molar refractivity (Wildman–Crippen MR) is 69.0 cm³/mol. The summed E-state index contributed by atoms with van der Waals surface area (Å²) < 4.78 is 0. The molecule has 2 rings (SSSR count). The normalized spacial score (nSPS) is 29.6. The second-order valence-corrected chi connectivity index (χ2v) is 6.18. The minimum absolute atomic E-state index is 0.0760. The van der Waals surface area contributed by atoms with E-state index in [0.29, 0.717) is 5.25 Å². The summed E-state index contributed by atoms with van der Waals surface area (Å²) in [6.45, 7) is 0.0760. The number of aliphatic hydroxyl groups excluding tert-OH is 1. The van der Waals surface area contributed by atoms with Gasteiger partial charge in [-0.05, 0) is 31.4 Å². The van der Waals surface area contributed by atoms with Crippen LogP contribution in [-0.2, 0) is 0 Å². The van der Waals surface area contributed by atoms with Crippen LogP contribution in [0.25, 0.3) is 0 Å². The summed E-state index contributed by atoms with van der Waals surface area (Å²) in [6, 6.07) is 7.86. The molecule has 1 aliphatic carbocycles. The Balaban J connectivity index is 2.00. The van der Waals surface area contributed by atoms with Crippen LogP contribution in [0.3, 0.4) is 0 Å². The molecular weight excluding hydrogens is 242 g/mol. The van der Waals surface area contributed by atoms with Crippen LogP contribution < -0.4 is 5.73 Å². The summed E-state index contributed by atoms with van der Waals surface area (Å²) in [4.78, 5) is 1.11. The average molecular weight is 258 g/mol. The standard InChI is InChI=1S/C12H16ClNOS/c13-10-3-1-2-4-11(10)16-9-5-6-12(14,7-9)8-15/h1-4,9,15H,5-8,14H2. The zero-order valence-electron chi connectivity index (χ0n) is 9.03. The van der Waals surface area contributed by atoms with Crippen molar-refractivity contribution in [1.82, 2.24) is 0 Å². The van der Waals surface area contributed by atoms with Gasteiger partial charge in [0.1, 0.15) is 0 Å². The number of rotatable bonds is 3. The maximum absolute atomic E-state index is 9.20. The molecule has 0 amide bonds. The van der Waals surface area contributed by atoms with Crippen LogP contribution in [0.1, 0.15) is 19.3 Å². The summed E-state index contributed by atoms with van der Waals surface area (Å²) in [5, 5.41) is 10.5. The second-order valence-electron chi connectivity index (χ2n) is 4.43. The molecule has 16 heavy (non-hydrogen) atoms. The van der Waals surface area contributed by atoms with Crippen molar-refractivity contribution in [1.29, 1.82) is 0 Å². The van der Waals surface area contributed by atoms with E-state index in [1.807, 2.05) is 24.3 Å². The smallest absolute Gasteiger partial charge is 0.0611 e. The zero-order valence-corrected chi connectivity index (χ0v) is 10.6. The van der Waals surface area contributed by atoms with Crippen LogP contribution in [0.2, 0.25) is 5.02 Å². The van der Waals surface area contributed by atoms with Gasteiger partial charge in [-0.15, -0.1) is 11.8 Å².